The molecule has 1 saturated heterocycles. The number of aliphatic hydroxyl groups is 1. The van der Waals surface area contributed by atoms with Gasteiger partial charge in [-0.1, -0.05) is 72.4 Å². The van der Waals surface area contributed by atoms with Crippen LogP contribution >= 0.6 is 35.0 Å². The molecule has 6 rings (SSSR count). The normalized spacial score (nSPS) is 32.1. The lowest BCUT2D eigenvalue weighted by atomic mass is 9.56. The Kier molecular flexibility index (Phi) is 7.05. The van der Waals surface area contributed by atoms with Gasteiger partial charge in [0.05, 0.1) is 22.6 Å². The minimum atomic E-state index is -1.16. The van der Waals surface area contributed by atoms with Crippen LogP contribution in [0.25, 0.3) is 0 Å². The first-order valence-electron chi connectivity index (χ1n) is 13.5. The van der Waals surface area contributed by atoms with Crippen molar-refractivity contribution in [1.29, 1.82) is 0 Å². The maximum atomic E-state index is 15.9. The van der Waals surface area contributed by atoms with Gasteiger partial charge in [-0.25, -0.2) is 4.39 Å². The van der Waals surface area contributed by atoms with Crippen LogP contribution in [0.1, 0.15) is 74.8 Å². The molecule has 3 atom stereocenters. The summed E-state index contributed by atoms with van der Waals surface area (Å²) in [5, 5.41) is 17.2. The molecule has 38 heavy (non-hydrogen) atoms. The predicted molar refractivity (Wildman–Crippen MR) is 147 cm³/mol. The highest BCUT2D eigenvalue weighted by Crippen LogP contribution is 2.65. The van der Waals surface area contributed by atoms with E-state index in [9.17, 15) is 14.7 Å². The first kappa shape index (κ1) is 26.6. The van der Waals surface area contributed by atoms with Gasteiger partial charge in [0.25, 0.3) is 0 Å². The molecule has 0 aromatic heterocycles. The monoisotopic (exact) mass is 576 g/mol. The summed E-state index contributed by atoms with van der Waals surface area (Å²) in [6.45, 7) is 0. The molecule has 202 valence electrons. The van der Waals surface area contributed by atoms with Crippen molar-refractivity contribution >= 4 is 46.0 Å². The van der Waals surface area contributed by atoms with Crippen LogP contribution in [-0.2, 0) is 15.0 Å². The van der Waals surface area contributed by atoms with E-state index in [0.717, 1.165) is 41.5 Å². The zero-order chi connectivity index (χ0) is 26.7. The Labute approximate surface area is 236 Å². The number of hydrogen-bond acceptors (Lipinski definition) is 5. The van der Waals surface area contributed by atoms with Crippen LogP contribution in [0.15, 0.2) is 41.3 Å². The number of amides is 1. The van der Waals surface area contributed by atoms with Gasteiger partial charge in [0.15, 0.2) is 0 Å². The SMILES string of the molecule is O=C(N[C@H]1CC[C@H](O)CC1)[C@@H]1NC2(CCCCC2)[C@@]2(C(=O)Sc3cc(Cl)ccc32)[C@H]1c1cccc(Cl)c1F. The van der Waals surface area contributed by atoms with Crippen molar-refractivity contribution < 1.29 is 19.1 Å². The van der Waals surface area contributed by atoms with E-state index in [1.165, 1.54) is 6.07 Å². The fraction of sp³-hybridized carbons (Fsp3) is 0.517. The quantitative estimate of drug-likeness (QED) is 0.425. The molecule has 5 nitrogen and oxygen atoms in total. The van der Waals surface area contributed by atoms with E-state index < -0.39 is 28.7 Å². The van der Waals surface area contributed by atoms with Crippen LogP contribution in [-0.4, -0.2) is 39.9 Å². The molecule has 2 heterocycles. The highest BCUT2D eigenvalue weighted by Gasteiger charge is 2.72. The van der Waals surface area contributed by atoms with E-state index in [1.54, 1.807) is 24.3 Å². The highest BCUT2D eigenvalue weighted by molar-refractivity contribution is 8.14. The Balaban J connectivity index is 1.53. The van der Waals surface area contributed by atoms with E-state index in [4.69, 9.17) is 23.2 Å². The average molecular weight is 578 g/mol. The molecule has 0 radical (unpaired) electrons. The second-order valence-corrected chi connectivity index (χ2v) is 13.1. The van der Waals surface area contributed by atoms with Gasteiger partial charge in [-0.15, -0.1) is 0 Å². The number of hydrogen-bond donors (Lipinski definition) is 3. The maximum Gasteiger partial charge on any atom is 0.238 e. The highest BCUT2D eigenvalue weighted by atomic mass is 35.5. The number of benzene rings is 2. The molecule has 2 aliphatic heterocycles. The Bertz CT molecular complexity index is 1280. The number of thioether (sulfide) groups is 1. The minimum absolute atomic E-state index is 0.0305. The summed E-state index contributed by atoms with van der Waals surface area (Å²) in [5.41, 5.74) is -0.775. The van der Waals surface area contributed by atoms with Gasteiger partial charge in [0.1, 0.15) is 5.82 Å². The number of fused-ring (bicyclic) bond motifs is 3. The van der Waals surface area contributed by atoms with E-state index in [-0.39, 0.29) is 33.8 Å². The molecule has 0 bridgehead atoms. The average Bonchev–Trinajstić information content (AvgIpc) is 3.35. The molecule has 3 fully saturated rings. The molecule has 3 N–H and O–H groups in total. The zero-order valence-electron chi connectivity index (χ0n) is 20.9. The molecule has 1 amide bonds. The summed E-state index contributed by atoms with van der Waals surface area (Å²) in [6, 6.07) is 9.42. The number of halogens is 3. The van der Waals surface area contributed by atoms with Crippen LogP contribution in [0.5, 0.6) is 0 Å². The first-order valence-corrected chi connectivity index (χ1v) is 15.1. The van der Waals surface area contributed by atoms with Gasteiger partial charge in [-0.05, 0) is 67.9 Å². The topological polar surface area (TPSA) is 78.4 Å². The van der Waals surface area contributed by atoms with Gasteiger partial charge < -0.3 is 10.4 Å². The molecule has 0 unspecified atom stereocenters. The molecule has 2 aromatic rings. The van der Waals surface area contributed by atoms with Gasteiger partial charge in [0, 0.05) is 27.4 Å². The number of rotatable bonds is 3. The van der Waals surface area contributed by atoms with Gasteiger partial charge in [0.2, 0.25) is 11.0 Å². The molecule has 4 aliphatic rings. The number of carbonyl (C=O) groups excluding carboxylic acids is 2. The van der Waals surface area contributed by atoms with E-state index in [2.05, 4.69) is 10.6 Å². The van der Waals surface area contributed by atoms with Crippen molar-refractivity contribution in [3.63, 3.8) is 0 Å². The molecule has 2 aliphatic carbocycles. The lowest BCUT2D eigenvalue weighted by Gasteiger charge is -2.47. The summed E-state index contributed by atoms with van der Waals surface area (Å²) in [5.74, 6) is -1.62. The molecular weight excluding hydrogens is 546 g/mol. The number of carbonyl (C=O) groups is 2. The summed E-state index contributed by atoms with van der Waals surface area (Å²) in [7, 11) is 0. The van der Waals surface area contributed by atoms with Crippen molar-refractivity contribution in [1.82, 2.24) is 10.6 Å². The summed E-state index contributed by atoms with van der Waals surface area (Å²) in [6.07, 6.45) is 6.57. The van der Waals surface area contributed by atoms with Gasteiger partial charge >= 0.3 is 0 Å². The summed E-state index contributed by atoms with van der Waals surface area (Å²) in [4.78, 5) is 29.2. The molecular formula is C29H31Cl2FN2O3S. The first-order chi connectivity index (χ1) is 18.3. The van der Waals surface area contributed by atoms with Crippen molar-refractivity contribution in [2.45, 2.75) is 97.7 Å². The fourth-order valence-electron chi connectivity index (χ4n) is 7.58. The van der Waals surface area contributed by atoms with Crippen LogP contribution in [0, 0.1) is 5.82 Å². The van der Waals surface area contributed by atoms with Crippen molar-refractivity contribution in [3.8, 4) is 0 Å². The van der Waals surface area contributed by atoms with Crippen LogP contribution in [0.3, 0.4) is 0 Å². The standard InChI is InChI=1S/C29H31Cl2FN2O3S/c30-16-7-12-20-22(15-16)38-27(37)29(20)23(19-5-4-6-21(31)24(19)32)25(34-28(29)13-2-1-3-14-28)26(36)33-17-8-10-18(35)11-9-17/h4-7,12,15,17-18,23,25,34-35H,1-3,8-11,13-14H2,(H,33,36)/t17-,18-,23-,25+,29+/m0/s1. The van der Waals surface area contributed by atoms with Gasteiger partial charge in [-0.3, -0.25) is 14.9 Å². The molecule has 9 heteroatoms. The number of nitrogens with one attached hydrogen (secondary N) is 2. The third-order valence-electron chi connectivity index (χ3n) is 9.23. The van der Waals surface area contributed by atoms with E-state index in [1.807, 2.05) is 6.07 Å². The van der Waals surface area contributed by atoms with E-state index >= 15 is 4.39 Å². The third-order valence-corrected chi connectivity index (χ3v) is 10.8. The number of aliphatic hydroxyl groups excluding tert-OH is 1. The Morgan fingerprint density at radius 1 is 1.08 bits per heavy atom. The van der Waals surface area contributed by atoms with Crippen molar-refractivity contribution in [3.05, 3.63) is 63.4 Å². The smallest absolute Gasteiger partial charge is 0.238 e. The van der Waals surface area contributed by atoms with Crippen LogP contribution in [0.4, 0.5) is 4.39 Å². The Morgan fingerprint density at radius 2 is 1.82 bits per heavy atom. The lowest BCUT2D eigenvalue weighted by molar-refractivity contribution is -0.124. The Morgan fingerprint density at radius 3 is 2.55 bits per heavy atom. The molecule has 2 saturated carbocycles. The van der Waals surface area contributed by atoms with Gasteiger partial charge in [-0.2, -0.15) is 0 Å². The maximum absolute atomic E-state index is 15.9. The summed E-state index contributed by atoms with van der Waals surface area (Å²) >= 11 is 13.8. The van der Waals surface area contributed by atoms with Crippen molar-refractivity contribution in [2.75, 3.05) is 0 Å². The molecule has 2 aromatic carbocycles. The lowest BCUT2D eigenvalue weighted by Crippen LogP contribution is -2.59. The molecule has 2 spiro atoms. The largest absolute Gasteiger partial charge is 0.393 e. The van der Waals surface area contributed by atoms with E-state index in [0.29, 0.717) is 43.5 Å². The summed E-state index contributed by atoms with van der Waals surface area (Å²) < 4.78 is 15.9. The Hall–Kier alpha value is -1.64. The second kappa shape index (κ2) is 10.1. The zero-order valence-corrected chi connectivity index (χ0v) is 23.3. The van der Waals surface area contributed by atoms with Crippen molar-refractivity contribution in [2.24, 2.45) is 0 Å². The predicted octanol–water partition coefficient (Wildman–Crippen LogP) is 5.88. The third kappa shape index (κ3) is 4.03. The van der Waals surface area contributed by atoms with Crippen LogP contribution in [0.2, 0.25) is 10.0 Å². The fourth-order valence-corrected chi connectivity index (χ4v) is 9.32. The van der Waals surface area contributed by atoms with Crippen LogP contribution < -0.4 is 10.6 Å². The second-order valence-electron chi connectivity index (χ2n) is 11.2. The minimum Gasteiger partial charge on any atom is -0.393 e.